The molecule has 0 aliphatic rings. The molecule has 120 valence electrons. The Labute approximate surface area is 134 Å². The summed E-state index contributed by atoms with van der Waals surface area (Å²) in [6.45, 7) is 0.767. The van der Waals surface area contributed by atoms with Gasteiger partial charge in [-0.3, -0.25) is 4.98 Å². The van der Waals surface area contributed by atoms with Gasteiger partial charge in [0, 0.05) is 31.5 Å². The molecule has 1 aromatic carbocycles. The van der Waals surface area contributed by atoms with Crippen LogP contribution in [0.3, 0.4) is 0 Å². The molecule has 0 atom stereocenters. The number of benzene rings is 1. The van der Waals surface area contributed by atoms with Crippen LogP contribution >= 0.6 is 0 Å². The van der Waals surface area contributed by atoms with E-state index >= 15 is 0 Å². The van der Waals surface area contributed by atoms with Crippen molar-refractivity contribution in [2.75, 3.05) is 20.8 Å². The zero-order chi connectivity index (χ0) is 16.2. The fraction of sp³-hybridized carbons (Fsp3) is 0.294. The second-order valence-electron chi connectivity index (χ2n) is 5.08. The Hall–Kier alpha value is -2.60. The number of methoxy groups -OCH3 is 2. The number of aliphatic hydroxyl groups excluding tert-OH is 1. The summed E-state index contributed by atoms with van der Waals surface area (Å²) in [7, 11) is 3.21. The van der Waals surface area contributed by atoms with Gasteiger partial charge >= 0.3 is 0 Å². The van der Waals surface area contributed by atoms with E-state index in [9.17, 15) is 5.11 Å². The molecule has 1 N–H and O–H groups in total. The Morgan fingerprint density at radius 1 is 1.13 bits per heavy atom. The van der Waals surface area contributed by atoms with Crippen LogP contribution in [-0.2, 0) is 6.54 Å². The van der Waals surface area contributed by atoms with Crippen LogP contribution in [0.25, 0.3) is 22.6 Å². The summed E-state index contributed by atoms with van der Waals surface area (Å²) in [5, 5.41) is 9.19. The van der Waals surface area contributed by atoms with Crippen molar-refractivity contribution in [3.63, 3.8) is 0 Å². The van der Waals surface area contributed by atoms with Crippen molar-refractivity contribution in [1.82, 2.24) is 14.5 Å². The quantitative estimate of drug-likeness (QED) is 0.757. The number of aromatic nitrogens is 3. The number of aliphatic hydroxyl groups is 1. The Morgan fingerprint density at radius 3 is 2.57 bits per heavy atom. The second-order valence-corrected chi connectivity index (χ2v) is 5.08. The number of rotatable bonds is 6. The number of pyridine rings is 1. The van der Waals surface area contributed by atoms with Gasteiger partial charge in [0.05, 0.1) is 25.3 Å². The average Bonchev–Trinajstić information content (AvgIpc) is 2.96. The highest BCUT2D eigenvalue weighted by Gasteiger charge is 2.16. The normalized spacial score (nSPS) is 10.9. The van der Waals surface area contributed by atoms with E-state index in [-0.39, 0.29) is 6.61 Å². The van der Waals surface area contributed by atoms with Crippen molar-refractivity contribution < 1.29 is 14.6 Å². The van der Waals surface area contributed by atoms with E-state index < -0.39 is 0 Å². The SMILES string of the molecule is COc1cc2nc(-c3ccccn3)n(CCCO)c2cc1OC. The molecular weight excluding hydrogens is 294 g/mol. The maximum absolute atomic E-state index is 9.19. The molecule has 0 fully saturated rings. The number of imidazole rings is 1. The van der Waals surface area contributed by atoms with Crippen LogP contribution in [0.5, 0.6) is 11.5 Å². The Morgan fingerprint density at radius 2 is 1.91 bits per heavy atom. The molecular formula is C17H19N3O3. The number of hydrogen-bond acceptors (Lipinski definition) is 5. The van der Waals surface area contributed by atoms with Gasteiger partial charge in [-0.1, -0.05) is 6.07 Å². The standard InChI is InChI=1S/C17H19N3O3/c1-22-15-10-13-14(11-16(15)23-2)20(8-5-9-21)17(19-13)12-6-3-4-7-18-12/h3-4,6-7,10-11,21H,5,8-9H2,1-2H3. The summed E-state index contributed by atoms with van der Waals surface area (Å²) in [6.07, 6.45) is 2.38. The third-order valence-corrected chi connectivity index (χ3v) is 3.69. The molecule has 3 aromatic rings. The number of fused-ring (bicyclic) bond motifs is 1. The van der Waals surface area contributed by atoms with Gasteiger partial charge in [0.1, 0.15) is 5.69 Å². The molecule has 6 nitrogen and oxygen atoms in total. The van der Waals surface area contributed by atoms with Crippen LogP contribution < -0.4 is 9.47 Å². The molecule has 0 saturated carbocycles. The minimum absolute atomic E-state index is 0.120. The highest BCUT2D eigenvalue weighted by atomic mass is 16.5. The van der Waals surface area contributed by atoms with Crippen molar-refractivity contribution in [2.24, 2.45) is 0 Å². The van der Waals surface area contributed by atoms with Gasteiger partial charge in [0.2, 0.25) is 0 Å². The number of aryl methyl sites for hydroxylation is 1. The van der Waals surface area contributed by atoms with Crippen LogP contribution in [0.4, 0.5) is 0 Å². The van der Waals surface area contributed by atoms with Crippen LogP contribution in [0.2, 0.25) is 0 Å². The molecule has 0 aliphatic carbocycles. The summed E-state index contributed by atoms with van der Waals surface area (Å²) in [5.74, 6) is 2.06. The molecule has 0 bridgehead atoms. The van der Waals surface area contributed by atoms with E-state index in [1.807, 2.05) is 30.3 Å². The zero-order valence-electron chi connectivity index (χ0n) is 13.2. The number of nitrogens with zero attached hydrogens (tertiary/aromatic N) is 3. The average molecular weight is 313 g/mol. The molecule has 2 heterocycles. The lowest BCUT2D eigenvalue weighted by molar-refractivity contribution is 0.280. The molecule has 3 rings (SSSR count). The first-order valence-corrected chi connectivity index (χ1v) is 7.43. The van der Waals surface area contributed by atoms with E-state index in [4.69, 9.17) is 14.5 Å². The van der Waals surface area contributed by atoms with Gasteiger partial charge in [-0.25, -0.2) is 4.98 Å². The van der Waals surface area contributed by atoms with E-state index in [0.29, 0.717) is 24.5 Å². The molecule has 0 radical (unpaired) electrons. The Bertz CT molecular complexity index is 800. The highest BCUT2D eigenvalue weighted by molar-refractivity contribution is 5.83. The Kier molecular flexibility index (Phi) is 4.43. The topological polar surface area (TPSA) is 69.4 Å². The first-order valence-electron chi connectivity index (χ1n) is 7.43. The van der Waals surface area contributed by atoms with E-state index in [0.717, 1.165) is 22.6 Å². The van der Waals surface area contributed by atoms with Crippen LogP contribution in [0.15, 0.2) is 36.5 Å². The zero-order valence-corrected chi connectivity index (χ0v) is 13.2. The Balaban J connectivity index is 2.22. The lowest BCUT2D eigenvalue weighted by Gasteiger charge is -2.10. The lowest BCUT2D eigenvalue weighted by Crippen LogP contribution is -2.03. The van der Waals surface area contributed by atoms with Gasteiger partial charge in [-0.05, 0) is 18.6 Å². The summed E-state index contributed by atoms with van der Waals surface area (Å²) in [6, 6.07) is 9.49. The summed E-state index contributed by atoms with van der Waals surface area (Å²) < 4.78 is 12.8. The van der Waals surface area contributed by atoms with Crippen LogP contribution in [0, 0.1) is 0 Å². The predicted octanol–water partition coefficient (Wildman–Crippen LogP) is 2.50. The molecule has 0 spiro atoms. The summed E-state index contributed by atoms with van der Waals surface area (Å²) in [5.41, 5.74) is 2.53. The molecule has 6 heteroatoms. The third kappa shape index (κ3) is 2.85. The first kappa shape index (κ1) is 15.3. The fourth-order valence-corrected chi connectivity index (χ4v) is 2.60. The number of hydrogen-bond donors (Lipinski definition) is 1. The smallest absolute Gasteiger partial charge is 0.163 e. The van der Waals surface area contributed by atoms with Crippen LogP contribution in [-0.4, -0.2) is 40.5 Å². The van der Waals surface area contributed by atoms with Gasteiger partial charge in [-0.2, -0.15) is 0 Å². The first-order chi connectivity index (χ1) is 11.3. The van der Waals surface area contributed by atoms with Crippen molar-refractivity contribution in [1.29, 1.82) is 0 Å². The van der Waals surface area contributed by atoms with Gasteiger partial charge in [0.15, 0.2) is 17.3 Å². The van der Waals surface area contributed by atoms with Crippen molar-refractivity contribution in [2.45, 2.75) is 13.0 Å². The monoisotopic (exact) mass is 313 g/mol. The molecule has 0 amide bonds. The van der Waals surface area contributed by atoms with Crippen molar-refractivity contribution in [3.05, 3.63) is 36.5 Å². The molecule has 0 aliphatic heterocycles. The number of ether oxygens (including phenoxy) is 2. The van der Waals surface area contributed by atoms with Gasteiger partial charge < -0.3 is 19.1 Å². The fourth-order valence-electron chi connectivity index (χ4n) is 2.60. The largest absolute Gasteiger partial charge is 0.493 e. The van der Waals surface area contributed by atoms with E-state index in [2.05, 4.69) is 9.55 Å². The van der Waals surface area contributed by atoms with E-state index in [1.165, 1.54) is 0 Å². The van der Waals surface area contributed by atoms with Crippen molar-refractivity contribution >= 4 is 11.0 Å². The molecule has 0 saturated heterocycles. The summed E-state index contributed by atoms with van der Waals surface area (Å²) in [4.78, 5) is 9.09. The highest BCUT2D eigenvalue weighted by Crippen LogP contribution is 2.34. The minimum atomic E-state index is 0.120. The molecule has 0 unspecified atom stereocenters. The summed E-state index contributed by atoms with van der Waals surface area (Å²) >= 11 is 0. The van der Waals surface area contributed by atoms with Crippen molar-refractivity contribution in [3.8, 4) is 23.0 Å². The maximum atomic E-state index is 9.19. The lowest BCUT2D eigenvalue weighted by atomic mass is 10.2. The molecule has 23 heavy (non-hydrogen) atoms. The predicted molar refractivity (Wildman–Crippen MR) is 87.8 cm³/mol. The minimum Gasteiger partial charge on any atom is -0.493 e. The maximum Gasteiger partial charge on any atom is 0.163 e. The molecule has 2 aromatic heterocycles. The second kappa shape index (κ2) is 6.66. The van der Waals surface area contributed by atoms with Gasteiger partial charge in [-0.15, -0.1) is 0 Å². The van der Waals surface area contributed by atoms with Crippen LogP contribution in [0.1, 0.15) is 6.42 Å². The van der Waals surface area contributed by atoms with E-state index in [1.54, 1.807) is 20.4 Å². The third-order valence-electron chi connectivity index (χ3n) is 3.69. The van der Waals surface area contributed by atoms with Gasteiger partial charge in [0.25, 0.3) is 0 Å².